The van der Waals surface area contributed by atoms with Crippen molar-refractivity contribution in [3.63, 3.8) is 0 Å². The van der Waals surface area contributed by atoms with E-state index in [2.05, 4.69) is 4.72 Å². The lowest BCUT2D eigenvalue weighted by atomic mass is 10.1. The Bertz CT molecular complexity index is 499. The molecule has 0 radical (unpaired) electrons. The smallest absolute Gasteiger partial charge is 0.240 e. The summed E-state index contributed by atoms with van der Waals surface area (Å²) in [5.74, 6) is 0. The molecule has 1 aromatic carbocycles. The molecule has 0 amide bonds. The van der Waals surface area contributed by atoms with Gasteiger partial charge in [-0.05, 0) is 43.5 Å². The molecule has 0 heterocycles. The normalized spacial score (nSPS) is 13.6. The summed E-state index contributed by atoms with van der Waals surface area (Å²) in [6.07, 6.45) is 0.524. The van der Waals surface area contributed by atoms with Crippen LogP contribution in [-0.4, -0.2) is 26.2 Å². The highest BCUT2D eigenvalue weighted by Gasteiger charge is 2.19. The summed E-state index contributed by atoms with van der Waals surface area (Å²) in [5.41, 5.74) is 7.93. The molecule has 6 heteroatoms. The molecular weight excluding hydrogens is 252 g/mol. The van der Waals surface area contributed by atoms with Crippen molar-refractivity contribution in [1.82, 2.24) is 4.72 Å². The maximum atomic E-state index is 12.1. The van der Waals surface area contributed by atoms with E-state index in [9.17, 15) is 8.42 Å². The summed E-state index contributed by atoms with van der Waals surface area (Å²) >= 11 is 0. The highest BCUT2D eigenvalue weighted by atomic mass is 32.2. The second-order valence-electron chi connectivity index (χ2n) is 4.36. The molecule has 4 N–H and O–H groups in total. The first-order valence-corrected chi connectivity index (χ1v) is 7.30. The van der Waals surface area contributed by atoms with Crippen LogP contribution in [0.25, 0.3) is 0 Å². The maximum absolute atomic E-state index is 12.1. The third-order valence-electron chi connectivity index (χ3n) is 3.03. The monoisotopic (exact) mass is 272 g/mol. The minimum Gasteiger partial charge on any atom is -0.398 e. The summed E-state index contributed by atoms with van der Waals surface area (Å²) < 4.78 is 26.6. The zero-order valence-corrected chi connectivity index (χ0v) is 11.7. The molecule has 18 heavy (non-hydrogen) atoms. The molecule has 1 atom stereocenters. The minimum atomic E-state index is -3.64. The summed E-state index contributed by atoms with van der Waals surface area (Å²) in [4.78, 5) is 0.134. The second-order valence-corrected chi connectivity index (χ2v) is 6.08. The maximum Gasteiger partial charge on any atom is 0.240 e. The molecule has 1 unspecified atom stereocenters. The molecule has 1 aromatic rings. The van der Waals surface area contributed by atoms with Gasteiger partial charge in [0.05, 0.1) is 11.5 Å². The lowest BCUT2D eigenvalue weighted by molar-refractivity contribution is 0.254. The number of nitrogens with one attached hydrogen (secondary N) is 1. The Hall–Kier alpha value is -1.11. The fraction of sp³-hybridized carbons (Fsp3) is 0.500. The van der Waals surface area contributed by atoms with E-state index in [1.54, 1.807) is 13.0 Å². The fourth-order valence-corrected chi connectivity index (χ4v) is 2.97. The summed E-state index contributed by atoms with van der Waals surface area (Å²) in [7, 11) is -3.64. The molecule has 0 aliphatic carbocycles. The number of aliphatic hydroxyl groups is 1. The Balaban J connectivity index is 3.13. The number of aliphatic hydroxyl groups excluding tert-OH is 1. The predicted molar refractivity (Wildman–Crippen MR) is 71.8 cm³/mol. The van der Waals surface area contributed by atoms with Gasteiger partial charge in [-0.25, -0.2) is 13.1 Å². The quantitative estimate of drug-likeness (QED) is 0.695. The number of nitrogens with two attached hydrogens (primary N) is 1. The van der Waals surface area contributed by atoms with Gasteiger partial charge >= 0.3 is 0 Å². The fourth-order valence-electron chi connectivity index (χ4n) is 1.54. The van der Waals surface area contributed by atoms with Crippen LogP contribution in [0.1, 0.15) is 24.5 Å². The number of rotatable bonds is 5. The van der Waals surface area contributed by atoms with Crippen molar-refractivity contribution in [1.29, 1.82) is 0 Å². The van der Waals surface area contributed by atoms with Gasteiger partial charge in [-0.15, -0.1) is 0 Å². The van der Waals surface area contributed by atoms with Crippen LogP contribution >= 0.6 is 0 Å². The van der Waals surface area contributed by atoms with E-state index >= 15 is 0 Å². The van der Waals surface area contributed by atoms with Crippen LogP contribution in [-0.2, 0) is 10.0 Å². The highest BCUT2D eigenvalue weighted by molar-refractivity contribution is 7.89. The molecule has 0 aliphatic heterocycles. The molecular formula is C12H20N2O3S. The average molecular weight is 272 g/mol. The van der Waals surface area contributed by atoms with Crippen LogP contribution in [0.15, 0.2) is 17.0 Å². The lowest BCUT2D eigenvalue weighted by Gasteiger charge is -2.15. The van der Waals surface area contributed by atoms with E-state index < -0.39 is 16.1 Å². The lowest BCUT2D eigenvalue weighted by Crippen LogP contribution is -2.37. The molecule has 1 rings (SSSR count). The topological polar surface area (TPSA) is 92.4 Å². The van der Waals surface area contributed by atoms with Crippen molar-refractivity contribution >= 4 is 15.7 Å². The molecule has 0 saturated carbocycles. The number of sulfonamides is 1. The van der Waals surface area contributed by atoms with Crippen molar-refractivity contribution < 1.29 is 13.5 Å². The van der Waals surface area contributed by atoms with Crippen LogP contribution in [0.5, 0.6) is 0 Å². The van der Waals surface area contributed by atoms with E-state index in [0.29, 0.717) is 12.1 Å². The number of hydrogen-bond acceptors (Lipinski definition) is 4. The predicted octanol–water partition coefficient (Wildman–Crippen LogP) is 0.935. The summed E-state index contributed by atoms with van der Waals surface area (Å²) in [6, 6.07) is 2.55. The third-order valence-corrected chi connectivity index (χ3v) is 4.53. The number of hydrogen-bond donors (Lipinski definition) is 3. The average Bonchev–Trinajstić information content (AvgIpc) is 2.32. The Morgan fingerprint density at radius 3 is 2.44 bits per heavy atom. The molecule has 0 saturated heterocycles. The number of nitrogen functional groups attached to an aromatic ring is 1. The molecule has 0 aliphatic rings. The first-order valence-electron chi connectivity index (χ1n) is 5.81. The molecule has 0 fully saturated rings. The van der Waals surface area contributed by atoms with Gasteiger partial charge in [0.25, 0.3) is 0 Å². The Labute approximate surface area is 108 Å². The summed E-state index contributed by atoms with van der Waals surface area (Å²) in [6.45, 7) is 5.24. The number of benzene rings is 1. The van der Waals surface area contributed by atoms with E-state index in [1.807, 2.05) is 13.8 Å². The van der Waals surface area contributed by atoms with Crippen LogP contribution in [0.2, 0.25) is 0 Å². The van der Waals surface area contributed by atoms with Crippen LogP contribution in [0, 0.1) is 13.8 Å². The zero-order chi connectivity index (χ0) is 13.9. The summed E-state index contributed by atoms with van der Waals surface area (Å²) in [5, 5.41) is 9.04. The van der Waals surface area contributed by atoms with Gasteiger partial charge < -0.3 is 10.8 Å². The number of anilines is 1. The van der Waals surface area contributed by atoms with Gasteiger partial charge in [-0.3, -0.25) is 0 Å². The molecule has 102 valence electrons. The van der Waals surface area contributed by atoms with Crippen molar-refractivity contribution in [3.05, 3.63) is 23.3 Å². The highest BCUT2D eigenvalue weighted by Crippen LogP contribution is 2.21. The Morgan fingerprint density at radius 1 is 1.39 bits per heavy atom. The van der Waals surface area contributed by atoms with Gasteiger partial charge in [-0.1, -0.05) is 6.92 Å². The molecule has 5 nitrogen and oxygen atoms in total. The Morgan fingerprint density at radius 2 is 2.00 bits per heavy atom. The number of aryl methyl sites for hydroxylation is 1. The third kappa shape index (κ3) is 3.22. The zero-order valence-electron chi connectivity index (χ0n) is 10.9. The van der Waals surface area contributed by atoms with Crippen LogP contribution in [0.3, 0.4) is 0 Å². The first kappa shape index (κ1) is 14.9. The van der Waals surface area contributed by atoms with Gasteiger partial charge in [0.1, 0.15) is 0 Å². The van der Waals surface area contributed by atoms with Crippen molar-refractivity contribution in [3.8, 4) is 0 Å². The molecule has 0 aromatic heterocycles. The van der Waals surface area contributed by atoms with Gasteiger partial charge in [0.2, 0.25) is 10.0 Å². The Kier molecular flexibility index (Phi) is 4.72. The minimum absolute atomic E-state index is 0.134. The van der Waals surface area contributed by atoms with Crippen LogP contribution in [0.4, 0.5) is 5.69 Å². The second kappa shape index (κ2) is 5.69. The van der Waals surface area contributed by atoms with Gasteiger partial charge in [0.15, 0.2) is 0 Å². The van der Waals surface area contributed by atoms with E-state index in [-0.39, 0.29) is 11.5 Å². The standard InChI is InChI=1S/C12H20N2O3S/c1-4-10(7-15)14-18(16,17)11-5-8(2)9(3)12(13)6-11/h5-6,10,14-15H,4,7,13H2,1-3H3. The van der Waals surface area contributed by atoms with Crippen molar-refractivity contribution in [2.45, 2.75) is 38.1 Å². The first-order chi connectivity index (χ1) is 8.31. The van der Waals surface area contributed by atoms with E-state index in [4.69, 9.17) is 10.8 Å². The van der Waals surface area contributed by atoms with Crippen LogP contribution < -0.4 is 10.5 Å². The van der Waals surface area contributed by atoms with Gasteiger partial charge in [-0.2, -0.15) is 0 Å². The van der Waals surface area contributed by atoms with Crippen molar-refractivity contribution in [2.24, 2.45) is 0 Å². The van der Waals surface area contributed by atoms with E-state index in [0.717, 1.165) is 11.1 Å². The van der Waals surface area contributed by atoms with E-state index in [1.165, 1.54) is 6.07 Å². The van der Waals surface area contributed by atoms with Gasteiger partial charge in [0, 0.05) is 11.7 Å². The molecule has 0 bridgehead atoms. The molecule has 0 spiro atoms. The van der Waals surface area contributed by atoms with Crippen molar-refractivity contribution in [2.75, 3.05) is 12.3 Å². The SMILES string of the molecule is CCC(CO)NS(=O)(=O)c1cc(C)c(C)c(N)c1. The largest absolute Gasteiger partial charge is 0.398 e.